The van der Waals surface area contributed by atoms with Gasteiger partial charge >= 0.3 is 11.9 Å². The van der Waals surface area contributed by atoms with E-state index < -0.39 is 22.2 Å². The molecular weight excluding hydrogens is 501 g/mol. The van der Waals surface area contributed by atoms with Gasteiger partial charge in [-0.2, -0.15) is 22.9 Å². The number of para-hydroxylation sites is 2. The number of aromatic nitrogens is 2. The van der Waals surface area contributed by atoms with Gasteiger partial charge in [-0.25, -0.2) is 4.98 Å². The van der Waals surface area contributed by atoms with Gasteiger partial charge in [0.1, 0.15) is 0 Å². The number of nitro groups is 1. The van der Waals surface area contributed by atoms with Crippen molar-refractivity contribution in [1.29, 1.82) is 0 Å². The van der Waals surface area contributed by atoms with Gasteiger partial charge in [0.15, 0.2) is 5.82 Å². The number of benzene rings is 3. The summed E-state index contributed by atoms with van der Waals surface area (Å²) in [4.78, 5) is 28.9. The van der Waals surface area contributed by atoms with E-state index in [0.717, 1.165) is 16.8 Å². The molecule has 1 heterocycles. The van der Waals surface area contributed by atoms with Gasteiger partial charge in [-0.3, -0.25) is 14.9 Å². The summed E-state index contributed by atoms with van der Waals surface area (Å²) in [6, 6.07) is 15.0. The number of hydrogen-bond acceptors (Lipinski definition) is 6. The highest BCUT2D eigenvalue weighted by molar-refractivity contribution is 5.86. The Hall–Kier alpha value is -4.54. The van der Waals surface area contributed by atoms with Crippen molar-refractivity contribution in [2.75, 3.05) is 6.61 Å². The van der Waals surface area contributed by atoms with Crippen LogP contribution in [0.5, 0.6) is 5.75 Å². The molecule has 0 aliphatic heterocycles. The van der Waals surface area contributed by atoms with Crippen molar-refractivity contribution in [3.8, 4) is 17.1 Å². The molecule has 4 rings (SSSR count). The zero-order valence-electron chi connectivity index (χ0n) is 20.7. The summed E-state index contributed by atoms with van der Waals surface area (Å²) in [6.07, 6.45) is -3.41. The van der Waals surface area contributed by atoms with E-state index in [9.17, 15) is 28.1 Å². The minimum absolute atomic E-state index is 0.0167. The van der Waals surface area contributed by atoms with E-state index in [1.807, 2.05) is 20.8 Å². The van der Waals surface area contributed by atoms with Gasteiger partial charge in [0, 0.05) is 17.2 Å². The Morgan fingerprint density at radius 2 is 1.76 bits per heavy atom. The largest absolute Gasteiger partial charge is 0.486 e. The quantitative estimate of drug-likeness (QED) is 0.168. The SMILES string of the molecule is CC(C)(C)COc1c(C=Nn2c(-c3cccc(C(F)(F)F)c3)nc3ccccc3c2=O)cccc1[N+](=O)[O-]. The van der Waals surface area contributed by atoms with Crippen LogP contribution in [0.15, 0.2) is 76.6 Å². The molecule has 0 bridgehead atoms. The normalized spacial score (nSPS) is 12.3. The fourth-order valence-electron chi connectivity index (χ4n) is 3.61. The summed E-state index contributed by atoms with van der Waals surface area (Å²) < 4.78 is 46.9. The van der Waals surface area contributed by atoms with E-state index in [-0.39, 0.29) is 51.3 Å². The van der Waals surface area contributed by atoms with Gasteiger partial charge in [-0.15, -0.1) is 0 Å². The average Bonchev–Trinajstić information content (AvgIpc) is 2.86. The molecule has 4 aromatic rings. The van der Waals surface area contributed by atoms with Crippen LogP contribution in [-0.2, 0) is 6.18 Å². The first-order valence-corrected chi connectivity index (χ1v) is 11.5. The fraction of sp³-hybridized carbons (Fsp3) is 0.222. The molecule has 0 amide bonds. The second kappa shape index (κ2) is 10.1. The lowest BCUT2D eigenvalue weighted by Gasteiger charge is -2.19. The molecule has 0 N–H and O–H groups in total. The topological polar surface area (TPSA) is 99.6 Å². The van der Waals surface area contributed by atoms with Crippen molar-refractivity contribution in [3.63, 3.8) is 0 Å². The first-order valence-electron chi connectivity index (χ1n) is 11.5. The number of nitrogens with zero attached hydrogens (tertiary/aromatic N) is 4. The molecule has 38 heavy (non-hydrogen) atoms. The van der Waals surface area contributed by atoms with Crippen LogP contribution in [0.3, 0.4) is 0 Å². The van der Waals surface area contributed by atoms with Gasteiger partial charge in [0.05, 0.1) is 34.2 Å². The molecule has 0 spiro atoms. The Bertz CT molecular complexity index is 1600. The van der Waals surface area contributed by atoms with Crippen LogP contribution in [0.1, 0.15) is 31.9 Å². The number of nitro benzene ring substituents is 1. The molecule has 0 saturated heterocycles. The predicted octanol–water partition coefficient (Wildman–Crippen LogP) is 6.30. The van der Waals surface area contributed by atoms with E-state index >= 15 is 0 Å². The van der Waals surface area contributed by atoms with Gasteiger partial charge in [0.2, 0.25) is 5.75 Å². The summed E-state index contributed by atoms with van der Waals surface area (Å²) in [5, 5.41) is 16.1. The molecule has 0 aliphatic rings. The molecule has 196 valence electrons. The zero-order chi connectivity index (χ0) is 27.7. The Morgan fingerprint density at radius 1 is 1.05 bits per heavy atom. The second-order valence-corrected chi connectivity index (χ2v) is 9.69. The van der Waals surface area contributed by atoms with Crippen LogP contribution in [0.25, 0.3) is 22.3 Å². The first kappa shape index (κ1) is 26.5. The number of halogens is 3. The highest BCUT2D eigenvalue weighted by atomic mass is 19.4. The average molecular weight is 524 g/mol. The molecule has 1 aromatic heterocycles. The molecule has 0 aliphatic carbocycles. The Kier molecular flexibility index (Phi) is 7.03. The third-order valence-electron chi connectivity index (χ3n) is 5.39. The number of fused-ring (bicyclic) bond motifs is 1. The molecule has 0 fully saturated rings. The molecule has 0 unspecified atom stereocenters. The third kappa shape index (κ3) is 5.72. The fourth-order valence-corrected chi connectivity index (χ4v) is 3.61. The van der Waals surface area contributed by atoms with Crippen molar-refractivity contribution in [2.24, 2.45) is 10.5 Å². The lowest BCUT2D eigenvalue weighted by atomic mass is 9.98. The van der Waals surface area contributed by atoms with Crippen molar-refractivity contribution in [1.82, 2.24) is 9.66 Å². The van der Waals surface area contributed by atoms with Gasteiger partial charge in [-0.05, 0) is 35.7 Å². The number of hydrogen-bond donors (Lipinski definition) is 0. The van der Waals surface area contributed by atoms with Crippen molar-refractivity contribution in [2.45, 2.75) is 26.9 Å². The van der Waals surface area contributed by atoms with Crippen molar-refractivity contribution in [3.05, 3.63) is 98.3 Å². The molecule has 0 saturated carbocycles. The van der Waals surface area contributed by atoms with Crippen molar-refractivity contribution >= 4 is 22.8 Å². The summed E-state index contributed by atoms with van der Waals surface area (Å²) in [5.74, 6) is -0.169. The monoisotopic (exact) mass is 524 g/mol. The molecule has 3 aromatic carbocycles. The highest BCUT2D eigenvalue weighted by Crippen LogP contribution is 2.33. The summed E-state index contributed by atoms with van der Waals surface area (Å²) >= 11 is 0. The van der Waals surface area contributed by atoms with Crippen LogP contribution >= 0.6 is 0 Å². The Morgan fingerprint density at radius 3 is 2.45 bits per heavy atom. The van der Waals surface area contributed by atoms with Gasteiger partial charge < -0.3 is 4.74 Å². The molecule has 11 heteroatoms. The van der Waals surface area contributed by atoms with Crippen LogP contribution in [-0.4, -0.2) is 27.4 Å². The minimum Gasteiger partial charge on any atom is -0.486 e. The maximum Gasteiger partial charge on any atom is 0.416 e. The van der Waals surface area contributed by atoms with Crippen LogP contribution in [0.2, 0.25) is 0 Å². The van der Waals surface area contributed by atoms with Crippen LogP contribution < -0.4 is 10.3 Å². The molecular formula is C27H23F3N4O4. The van der Waals surface area contributed by atoms with Gasteiger partial charge in [0.25, 0.3) is 5.56 Å². The zero-order valence-corrected chi connectivity index (χ0v) is 20.7. The van der Waals surface area contributed by atoms with E-state index in [0.29, 0.717) is 0 Å². The number of rotatable bonds is 6. The van der Waals surface area contributed by atoms with E-state index in [1.165, 1.54) is 42.6 Å². The van der Waals surface area contributed by atoms with E-state index in [1.54, 1.807) is 18.2 Å². The highest BCUT2D eigenvalue weighted by Gasteiger charge is 2.31. The maximum atomic E-state index is 13.4. The number of alkyl halides is 3. The smallest absolute Gasteiger partial charge is 0.416 e. The Labute approximate surface area is 215 Å². The minimum atomic E-state index is -4.61. The molecule has 0 atom stereocenters. The summed E-state index contributed by atoms with van der Waals surface area (Å²) in [7, 11) is 0. The van der Waals surface area contributed by atoms with Crippen LogP contribution in [0, 0.1) is 15.5 Å². The van der Waals surface area contributed by atoms with E-state index in [4.69, 9.17) is 4.74 Å². The Balaban J connectivity index is 1.91. The molecule has 8 nitrogen and oxygen atoms in total. The lowest BCUT2D eigenvalue weighted by molar-refractivity contribution is -0.386. The predicted molar refractivity (Wildman–Crippen MR) is 137 cm³/mol. The van der Waals surface area contributed by atoms with Gasteiger partial charge in [-0.1, -0.05) is 51.1 Å². The third-order valence-corrected chi connectivity index (χ3v) is 5.39. The first-order chi connectivity index (χ1) is 17.8. The van der Waals surface area contributed by atoms with Crippen molar-refractivity contribution < 1.29 is 22.8 Å². The second-order valence-electron chi connectivity index (χ2n) is 9.69. The van der Waals surface area contributed by atoms with E-state index in [2.05, 4.69) is 10.1 Å². The standard InChI is InChI=1S/C27H23F3N4O4/c1-26(2,3)16-38-23-18(9-7-13-22(23)34(36)37)15-31-33-24(17-8-6-10-19(14-17)27(28,29)30)32-21-12-5-4-11-20(21)25(33)35/h4-15H,16H2,1-3H3. The van der Waals surface area contributed by atoms with Crippen LogP contribution in [0.4, 0.5) is 18.9 Å². The maximum absolute atomic E-state index is 13.4. The lowest BCUT2D eigenvalue weighted by Crippen LogP contribution is -2.21. The number of ether oxygens (including phenoxy) is 1. The molecule has 0 radical (unpaired) electrons. The summed E-state index contributed by atoms with van der Waals surface area (Å²) in [5.41, 5.74) is -1.64. The summed E-state index contributed by atoms with van der Waals surface area (Å²) in [6.45, 7) is 5.86.